The van der Waals surface area contributed by atoms with Crippen LogP contribution in [0, 0.1) is 17.6 Å². The molecule has 3 rings (SSSR count). The third kappa shape index (κ3) is 2.61. The van der Waals surface area contributed by atoms with E-state index >= 15 is 0 Å². The lowest BCUT2D eigenvalue weighted by molar-refractivity contribution is 0.0949. The van der Waals surface area contributed by atoms with Crippen LogP contribution in [0.3, 0.4) is 0 Å². The van der Waals surface area contributed by atoms with Crippen molar-refractivity contribution in [3.63, 3.8) is 0 Å². The second-order valence-electron chi connectivity index (χ2n) is 5.93. The Morgan fingerprint density at radius 3 is 2.50 bits per heavy atom. The number of hydrogen-bond donors (Lipinski definition) is 1. The first-order valence-corrected chi connectivity index (χ1v) is 7.32. The summed E-state index contributed by atoms with van der Waals surface area (Å²) >= 11 is 0. The fourth-order valence-corrected chi connectivity index (χ4v) is 3.03. The van der Waals surface area contributed by atoms with Crippen LogP contribution in [0.15, 0.2) is 48.5 Å². The molecule has 2 aromatic rings. The Morgan fingerprint density at radius 1 is 1.23 bits per heavy atom. The van der Waals surface area contributed by atoms with Gasteiger partial charge in [-0.05, 0) is 36.1 Å². The minimum atomic E-state index is -0.585. The lowest BCUT2D eigenvalue weighted by Gasteiger charge is -2.19. The third-order valence-electron chi connectivity index (χ3n) is 4.52. The summed E-state index contributed by atoms with van der Waals surface area (Å²) in [5, 5.41) is 2.87. The highest BCUT2D eigenvalue weighted by molar-refractivity contribution is 5.94. The SMILES string of the molecule is CC1CC1(CNC(=O)c1ccccc1)c1ccc(F)cc1F. The molecule has 0 aromatic heterocycles. The molecule has 1 N–H and O–H groups in total. The molecule has 1 fully saturated rings. The molecule has 0 saturated heterocycles. The molecule has 1 saturated carbocycles. The van der Waals surface area contributed by atoms with Crippen molar-refractivity contribution >= 4 is 5.91 Å². The van der Waals surface area contributed by atoms with Crippen molar-refractivity contribution in [3.8, 4) is 0 Å². The van der Waals surface area contributed by atoms with Gasteiger partial charge in [0.15, 0.2) is 0 Å². The van der Waals surface area contributed by atoms with Gasteiger partial charge in [-0.1, -0.05) is 31.2 Å². The van der Waals surface area contributed by atoms with E-state index in [-0.39, 0.29) is 11.8 Å². The first-order chi connectivity index (χ1) is 10.5. The summed E-state index contributed by atoms with van der Waals surface area (Å²) in [6.45, 7) is 2.36. The predicted molar refractivity (Wildman–Crippen MR) is 80.6 cm³/mol. The summed E-state index contributed by atoms with van der Waals surface area (Å²) in [7, 11) is 0. The van der Waals surface area contributed by atoms with Crippen LogP contribution in [-0.2, 0) is 5.41 Å². The first kappa shape index (κ1) is 14.7. The zero-order valence-electron chi connectivity index (χ0n) is 12.3. The summed E-state index contributed by atoms with van der Waals surface area (Å²) in [5.41, 5.74) is 0.627. The molecule has 0 heterocycles. The van der Waals surface area contributed by atoms with Crippen LogP contribution in [0.2, 0.25) is 0 Å². The maximum Gasteiger partial charge on any atom is 0.251 e. The van der Waals surface area contributed by atoms with E-state index in [0.717, 1.165) is 12.5 Å². The minimum absolute atomic E-state index is 0.179. The van der Waals surface area contributed by atoms with Gasteiger partial charge in [0.2, 0.25) is 0 Å². The molecule has 0 radical (unpaired) electrons. The molecule has 4 heteroatoms. The number of rotatable bonds is 4. The average Bonchev–Trinajstić information content (AvgIpc) is 3.17. The van der Waals surface area contributed by atoms with Crippen molar-refractivity contribution < 1.29 is 13.6 Å². The molecule has 2 atom stereocenters. The summed E-state index contributed by atoms with van der Waals surface area (Å²) in [6.07, 6.45) is 0.782. The smallest absolute Gasteiger partial charge is 0.251 e. The van der Waals surface area contributed by atoms with Crippen LogP contribution in [0.25, 0.3) is 0 Å². The number of nitrogens with one attached hydrogen (secondary N) is 1. The van der Waals surface area contributed by atoms with Gasteiger partial charge in [0, 0.05) is 23.6 Å². The Balaban J connectivity index is 1.76. The Morgan fingerprint density at radius 2 is 1.91 bits per heavy atom. The molecular formula is C18H17F2NO. The summed E-state index contributed by atoms with van der Waals surface area (Å²) in [4.78, 5) is 12.1. The van der Waals surface area contributed by atoms with Gasteiger partial charge in [0.05, 0.1) is 0 Å². The van der Waals surface area contributed by atoms with E-state index in [1.807, 2.05) is 13.0 Å². The van der Waals surface area contributed by atoms with Crippen LogP contribution in [0.1, 0.15) is 29.3 Å². The topological polar surface area (TPSA) is 29.1 Å². The van der Waals surface area contributed by atoms with Gasteiger partial charge in [0.1, 0.15) is 11.6 Å². The lowest BCUT2D eigenvalue weighted by atomic mass is 9.92. The van der Waals surface area contributed by atoms with E-state index in [1.165, 1.54) is 12.1 Å². The van der Waals surface area contributed by atoms with Gasteiger partial charge in [-0.25, -0.2) is 8.78 Å². The van der Waals surface area contributed by atoms with Crippen LogP contribution in [0.4, 0.5) is 8.78 Å². The number of benzene rings is 2. The molecule has 2 unspecified atom stereocenters. The second-order valence-corrected chi connectivity index (χ2v) is 5.93. The predicted octanol–water partition coefficient (Wildman–Crippen LogP) is 3.67. The van der Waals surface area contributed by atoms with E-state index in [1.54, 1.807) is 24.3 Å². The summed E-state index contributed by atoms with van der Waals surface area (Å²) < 4.78 is 27.1. The minimum Gasteiger partial charge on any atom is -0.351 e. The molecule has 0 aliphatic heterocycles. The fraction of sp³-hybridized carbons (Fsp3) is 0.278. The molecule has 0 spiro atoms. The van der Waals surface area contributed by atoms with Crippen LogP contribution < -0.4 is 5.32 Å². The van der Waals surface area contributed by atoms with Crippen molar-refractivity contribution in [1.29, 1.82) is 0 Å². The largest absolute Gasteiger partial charge is 0.351 e. The number of hydrogen-bond acceptors (Lipinski definition) is 1. The first-order valence-electron chi connectivity index (χ1n) is 7.32. The quantitative estimate of drug-likeness (QED) is 0.917. The molecule has 1 aliphatic carbocycles. The van der Waals surface area contributed by atoms with Gasteiger partial charge in [0.25, 0.3) is 5.91 Å². The van der Waals surface area contributed by atoms with E-state index < -0.39 is 17.0 Å². The number of carbonyl (C=O) groups is 1. The highest BCUT2D eigenvalue weighted by Gasteiger charge is 2.53. The molecule has 114 valence electrons. The fourth-order valence-electron chi connectivity index (χ4n) is 3.03. The molecule has 22 heavy (non-hydrogen) atoms. The van der Waals surface area contributed by atoms with Crippen molar-refractivity contribution in [2.75, 3.05) is 6.54 Å². The number of amides is 1. The molecule has 1 aliphatic rings. The van der Waals surface area contributed by atoms with Gasteiger partial charge >= 0.3 is 0 Å². The number of carbonyl (C=O) groups excluding carboxylic acids is 1. The zero-order chi connectivity index (χ0) is 15.7. The average molecular weight is 301 g/mol. The highest BCUT2D eigenvalue weighted by Crippen LogP contribution is 2.54. The van der Waals surface area contributed by atoms with Crippen LogP contribution in [0.5, 0.6) is 0 Å². The summed E-state index contributed by atoms with van der Waals surface area (Å²) in [6, 6.07) is 12.6. The third-order valence-corrected chi connectivity index (χ3v) is 4.52. The molecule has 2 aromatic carbocycles. The number of halogens is 2. The zero-order valence-corrected chi connectivity index (χ0v) is 12.3. The lowest BCUT2D eigenvalue weighted by Crippen LogP contribution is -2.33. The molecule has 1 amide bonds. The van der Waals surface area contributed by atoms with Crippen molar-refractivity contribution in [1.82, 2.24) is 5.32 Å². The van der Waals surface area contributed by atoms with Gasteiger partial charge in [-0.15, -0.1) is 0 Å². The van der Waals surface area contributed by atoms with Crippen LogP contribution >= 0.6 is 0 Å². The maximum absolute atomic E-state index is 14.1. The summed E-state index contributed by atoms with van der Waals surface area (Å²) in [5.74, 6) is -1.05. The maximum atomic E-state index is 14.1. The Hall–Kier alpha value is -2.23. The van der Waals surface area contributed by atoms with Gasteiger partial charge < -0.3 is 5.32 Å². The Bertz CT molecular complexity index is 701. The van der Waals surface area contributed by atoms with Crippen LogP contribution in [-0.4, -0.2) is 12.5 Å². The van der Waals surface area contributed by atoms with E-state index in [9.17, 15) is 13.6 Å². The normalized spacial score (nSPS) is 23.1. The second kappa shape index (κ2) is 5.52. The van der Waals surface area contributed by atoms with Crippen molar-refractivity contribution in [2.24, 2.45) is 5.92 Å². The van der Waals surface area contributed by atoms with Gasteiger partial charge in [-0.3, -0.25) is 4.79 Å². The van der Waals surface area contributed by atoms with E-state index in [4.69, 9.17) is 0 Å². The standard InChI is InChI=1S/C18H17F2NO/c1-12-10-18(12,15-8-7-14(19)9-16(15)20)11-21-17(22)13-5-3-2-4-6-13/h2-9,12H,10-11H2,1H3,(H,21,22). The molecular weight excluding hydrogens is 284 g/mol. The van der Waals surface area contributed by atoms with E-state index in [0.29, 0.717) is 17.7 Å². The Kier molecular flexibility index (Phi) is 3.69. The highest BCUT2D eigenvalue weighted by atomic mass is 19.1. The van der Waals surface area contributed by atoms with Crippen molar-refractivity contribution in [2.45, 2.75) is 18.8 Å². The molecule has 2 nitrogen and oxygen atoms in total. The monoisotopic (exact) mass is 301 g/mol. The molecule has 0 bridgehead atoms. The van der Waals surface area contributed by atoms with E-state index in [2.05, 4.69) is 5.32 Å². The van der Waals surface area contributed by atoms with Gasteiger partial charge in [-0.2, -0.15) is 0 Å². The van der Waals surface area contributed by atoms with Crippen molar-refractivity contribution in [3.05, 3.63) is 71.3 Å². The Labute approximate surface area is 128 Å².